The first kappa shape index (κ1) is 15.4. The number of methoxy groups -OCH3 is 1. The smallest absolute Gasteiger partial charge is 0.251 e. The van der Waals surface area contributed by atoms with Gasteiger partial charge in [0.05, 0.1) is 7.11 Å². The Morgan fingerprint density at radius 2 is 2.13 bits per heavy atom. The molecule has 0 atom stereocenters. The molecule has 0 aliphatic rings. The summed E-state index contributed by atoms with van der Waals surface area (Å²) in [7, 11) is 1.65. The fourth-order valence-electron chi connectivity index (χ4n) is 2.54. The maximum Gasteiger partial charge on any atom is 0.251 e. The Morgan fingerprint density at radius 1 is 1.26 bits per heavy atom. The molecule has 0 aliphatic carbocycles. The molecule has 5 heteroatoms. The molecule has 4 nitrogen and oxygen atoms in total. The number of carbonyl (C=O) groups excluding carboxylic acids is 1. The molecule has 0 unspecified atom stereocenters. The molecule has 0 saturated heterocycles. The predicted octanol–water partition coefficient (Wildman–Crippen LogP) is 3.80. The van der Waals surface area contributed by atoms with Gasteiger partial charge in [-0.3, -0.25) is 4.79 Å². The molecule has 1 heterocycles. The second-order valence-corrected chi connectivity index (χ2v) is 5.68. The summed E-state index contributed by atoms with van der Waals surface area (Å²) in [6, 6.07) is 12.9. The van der Waals surface area contributed by atoms with Crippen LogP contribution in [-0.4, -0.2) is 24.5 Å². The molecule has 0 bridgehead atoms. The van der Waals surface area contributed by atoms with Gasteiger partial charge in [-0.15, -0.1) is 0 Å². The van der Waals surface area contributed by atoms with Crippen molar-refractivity contribution in [1.29, 1.82) is 0 Å². The van der Waals surface area contributed by atoms with Crippen LogP contribution in [0.15, 0.2) is 48.7 Å². The summed E-state index contributed by atoms with van der Waals surface area (Å²) < 4.78 is 5.21. The summed E-state index contributed by atoms with van der Waals surface area (Å²) in [6.07, 6.45) is 2.72. The van der Waals surface area contributed by atoms with E-state index < -0.39 is 0 Å². The Balaban J connectivity index is 1.64. The number of aromatic amines is 1. The second-order valence-electron chi connectivity index (χ2n) is 5.24. The molecule has 0 spiro atoms. The minimum absolute atomic E-state index is 0.117. The van der Waals surface area contributed by atoms with Gasteiger partial charge in [-0.2, -0.15) is 0 Å². The average molecular weight is 329 g/mol. The Bertz CT molecular complexity index is 842. The molecule has 118 valence electrons. The number of carbonyl (C=O) groups is 1. The zero-order valence-corrected chi connectivity index (χ0v) is 13.5. The highest BCUT2D eigenvalue weighted by molar-refractivity contribution is 6.30. The normalized spacial score (nSPS) is 10.7. The molecular weight excluding hydrogens is 312 g/mol. The number of nitrogens with one attached hydrogen (secondary N) is 2. The van der Waals surface area contributed by atoms with Gasteiger partial charge in [0.2, 0.25) is 0 Å². The first-order valence-corrected chi connectivity index (χ1v) is 7.73. The van der Waals surface area contributed by atoms with E-state index in [4.69, 9.17) is 16.3 Å². The lowest BCUT2D eigenvalue weighted by molar-refractivity contribution is 0.0954. The largest absolute Gasteiger partial charge is 0.497 e. The highest BCUT2D eigenvalue weighted by Gasteiger charge is 2.08. The van der Waals surface area contributed by atoms with E-state index >= 15 is 0 Å². The minimum atomic E-state index is -0.117. The summed E-state index contributed by atoms with van der Waals surface area (Å²) in [5.41, 5.74) is 2.76. The van der Waals surface area contributed by atoms with Crippen molar-refractivity contribution < 1.29 is 9.53 Å². The van der Waals surface area contributed by atoms with Crippen LogP contribution in [0.4, 0.5) is 0 Å². The number of fused-ring (bicyclic) bond motifs is 1. The number of amides is 1. The zero-order chi connectivity index (χ0) is 16.2. The molecule has 2 aromatic carbocycles. The summed E-state index contributed by atoms with van der Waals surface area (Å²) in [4.78, 5) is 15.3. The van der Waals surface area contributed by atoms with E-state index in [2.05, 4.69) is 10.3 Å². The molecule has 0 saturated carbocycles. The Morgan fingerprint density at radius 3 is 2.91 bits per heavy atom. The first-order valence-electron chi connectivity index (χ1n) is 7.35. The number of hydrogen-bond donors (Lipinski definition) is 2. The van der Waals surface area contributed by atoms with Gasteiger partial charge in [-0.25, -0.2) is 0 Å². The fraction of sp³-hybridized carbons (Fsp3) is 0.167. The molecule has 2 N–H and O–H groups in total. The van der Waals surface area contributed by atoms with Crippen molar-refractivity contribution in [2.24, 2.45) is 0 Å². The van der Waals surface area contributed by atoms with Crippen LogP contribution in [0.25, 0.3) is 10.9 Å². The van der Waals surface area contributed by atoms with Gasteiger partial charge in [0.1, 0.15) is 5.75 Å². The van der Waals surface area contributed by atoms with E-state index in [1.54, 1.807) is 31.4 Å². The van der Waals surface area contributed by atoms with Crippen LogP contribution in [0, 0.1) is 0 Å². The lowest BCUT2D eigenvalue weighted by atomic mass is 10.1. The highest BCUT2D eigenvalue weighted by Crippen LogP contribution is 2.23. The van der Waals surface area contributed by atoms with Crippen LogP contribution in [0.1, 0.15) is 15.9 Å². The number of benzene rings is 2. The van der Waals surface area contributed by atoms with Gasteiger partial charge in [0, 0.05) is 40.3 Å². The summed E-state index contributed by atoms with van der Waals surface area (Å²) in [5.74, 6) is 0.703. The number of halogens is 1. The Labute approximate surface area is 139 Å². The number of hydrogen-bond acceptors (Lipinski definition) is 2. The molecule has 23 heavy (non-hydrogen) atoms. The van der Waals surface area contributed by atoms with Crippen molar-refractivity contribution in [3.8, 4) is 5.75 Å². The Kier molecular flexibility index (Phi) is 4.53. The quantitative estimate of drug-likeness (QED) is 0.748. The lowest BCUT2D eigenvalue weighted by Crippen LogP contribution is -2.25. The standard InChI is InChI=1S/C18H17ClN2O2/c1-23-15-5-6-16-13(11-21-17(16)10-15)7-8-20-18(22)12-3-2-4-14(19)9-12/h2-6,9-11,21H,7-8H2,1H3,(H,20,22). The fourth-order valence-corrected chi connectivity index (χ4v) is 2.73. The van der Waals surface area contributed by atoms with E-state index in [-0.39, 0.29) is 5.91 Å². The van der Waals surface area contributed by atoms with Crippen LogP contribution >= 0.6 is 11.6 Å². The van der Waals surface area contributed by atoms with E-state index in [9.17, 15) is 4.79 Å². The maximum absolute atomic E-state index is 12.1. The van der Waals surface area contributed by atoms with Crippen LogP contribution in [0.3, 0.4) is 0 Å². The number of ether oxygens (including phenoxy) is 1. The Hall–Kier alpha value is -2.46. The van der Waals surface area contributed by atoms with E-state index in [1.165, 1.54) is 0 Å². The van der Waals surface area contributed by atoms with Gasteiger partial charge in [0.25, 0.3) is 5.91 Å². The molecule has 1 amide bonds. The monoisotopic (exact) mass is 328 g/mol. The molecule has 1 aromatic heterocycles. The second kappa shape index (κ2) is 6.75. The third-order valence-electron chi connectivity index (χ3n) is 3.74. The van der Waals surface area contributed by atoms with Crippen LogP contribution in [0.2, 0.25) is 5.02 Å². The molecule has 0 radical (unpaired) electrons. The molecule has 0 aliphatic heterocycles. The van der Waals surface area contributed by atoms with E-state index in [0.717, 1.165) is 28.6 Å². The van der Waals surface area contributed by atoms with Crippen LogP contribution < -0.4 is 10.1 Å². The van der Waals surface area contributed by atoms with E-state index in [0.29, 0.717) is 17.1 Å². The lowest BCUT2D eigenvalue weighted by Gasteiger charge is -2.05. The number of aromatic nitrogens is 1. The van der Waals surface area contributed by atoms with E-state index in [1.807, 2.05) is 24.4 Å². The van der Waals surface area contributed by atoms with Crippen molar-refractivity contribution in [1.82, 2.24) is 10.3 Å². The van der Waals surface area contributed by atoms with Gasteiger partial charge in [-0.05, 0) is 42.3 Å². The van der Waals surface area contributed by atoms with Crippen molar-refractivity contribution in [2.75, 3.05) is 13.7 Å². The van der Waals surface area contributed by atoms with Crippen molar-refractivity contribution >= 4 is 28.4 Å². The summed E-state index contributed by atoms with van der Waals surface area (Å²) in [5, 5.41) is 4.62. The number of H-pyrrole nitrogens is 1. The SMILES string of the molecule is COc1ccc2c(CCNC(=O)c3cccc(Cl)c3)c[nH]c2c1. The average Bonchev–Trinajstić information content (AvgIpc) is 2.97. The first-order chi connectivity index (χ1) is 11.2. The predicted molar refractivity (Wildman–Crippen MR) is 92.3 cm³/mol. The van der Waals surface area contributed by atoms with Crippen LogP contribution in [-0.2, 0) is 6.42 Å². The van der Waals surface area contributed by atoms with Gasteiger partial charge >= 0.3 is 0 Å². The summed E-state index contributed by atoms with van der Waals surface area (Å²) in [6.45, 7) is 0.560. The van der Waals surface area contributed by atoms with Crippen molar-refractivity contribution in [3.05, 3.63) is 64.8 Å². The van der Waals surface area contributed by atoms with Gasteiger partial charge in [0.15, 0.2) is 0 Å². The molecule has 0 fully saturated rings. The highest BCUT2D eigenvalue weighted by atomic mass is 35.5. The van der Waals surface area contributed by atoms with Crippen molar-refractivity contribution in [3.63, 3.8) is 0 Å². The van der Waals surface area contributed by atoms with Crippen molar-refractivity contribution in [2.45, 2.75) is 6.42 Å². The third-order valence-corrected chi connectivity index (χ3v) is 3.98. The molecule has 3 aromatic rings. The van der Waals surface area contributed by atoms with Crippen LogP contribution in [0.5, 0.6) is 5.75 Å². The topological polar surface area (TPSA) is 54.1 Å². The van der Waals surface area contributed by atoms with Gasteiger partial charge in [-0.1, -0.05) is 17.7 Å². The summed E-state index contributed by atoms with van der Waals surface area (Å²) >= 11 is 5.90. The minimum Gasteiger partial charge on any atom is -0.497 e. The van der Waals surface area contributed by atoms with Gasteiger partial charge < -0.3 is 15.0 Å². The molecule has 3 rings (SSSR count). The third kappa shape index (κ3) is 3.48. The maximum atomic E-state index is 12.1. The zero-order valence-electron chi connectivity index (χ0n) is 12.7. The molecular formula is C18H17ClN2O2. The number of rotatable bonds is 5.